The molecule has 39 heavy (non-hydrogen) atoms. The Labute approximate surface area is 227 Å². The number of aliphatic hydroxyl groups is 1. The van der Waals surface area contributed by atoms with Gasteiger partial charge in [-0.15, -0.1) is 0 Å². The van der Waals surface area contributed by atoms with Crippen LogP contribution < -0.4 is 4.74 Å². The van der Waals surface area contributed by atoms with Crippen LogP contribution in [0.5, 0.6) is 5.75 Å². The average Bonchev–Trinajstić information content (AvgIpc) is 2.86. The zero-order valence-electron chi connectivity index (χ0n) is 22.1. The van der Waals surface area contributed by atoms with Gasteiger partial charge in [0.05, 0.1) is 23.2 Å². The van der Waals surface area contributed by atoms with Crippen molar-refractivity contribution in [2.75, 3.05) is 26.0 Å². The number of benzene rings is 3. The lowest BCUT2D eigenvalue weighted by atomic mass is 10.00. The van der Waals surface area contributed by atoms with Crippen molar-refractivity contribution in [2.24, 2.45) is 0 Å². The van der Waals surface area contributed by atoms with Crippen molar-refractivity contribution in [3.05, 3.63) is 94.8 Å². The molecule has 3 aromatic rings. The molecular weight excluding hydrogens is 534 g/mol. The van der Waals surface area contributed by atoms with Crippen molar-refractivity contribution in [1.82, 2.24) is 4.90 Å². The number of rotatable bonds is 12. The van der Waals surface area contributed by atoms with Crippen LogP contribution in [0.1, 0.15) is 54.5 Å². The highest BCUT2D eigenvalue weighted by molar-refractivity contribution is 7.90. The summed E-state index contributed by atoms with van der Waals surface area (Å²) in [6.07, 6.45) is -3.83. The fourth-order valence-corrected chi connectivity index (χ4v) is 5.37. The molecule has 0 heterocycles. The molecule has 0 amide bonds. The molecule has 0 aliphatic heterocycles. The van der Waals surface area contributed by atoms with E-state index in [-0.39, 0.29) is 35.3 Å². The number of sulfone groups is 1. The van der Waals surface area contributed by atoms with Gasteiger partial charge in [-0.25, -0.2) is 12.8 Å². The van der Waals surface area contributed by atoms with Gasteiger partial charge < -0.3 is 9.84 Å². The summed E-state index contributed by atoms with van der Waals surface area (Å²) in [5, 5.41) is 9.89. The predicted octanol–water partition coefficient (Wildman–Crippen LogP) is 6.38. The lowest BCUT2D eigenvalue weighted by Crippen LogP contribution is -2.29. The van der Waals surface area contributed by atoms with E-state index < -0.39 is 27.7 Å². The third-order valence-electron chi connectivity index (χ3n) is 6.35. The van der Waals surface area contributed by atoms with Crippen molar-refractivity contribution in [2.45, 2.75) is 49.9 Å². The van der Waals surface area contributed by atoms with Crippen LogP contribution in [0.4, 0.5) is 17.6 Å². The summed E-state index contributed by atoms with van der Waals surface area (Å²) in [5.74, 6) is -0.0176. The fraction of sp³-hybridized carbons (Fsp3) is 0.379. The first-order valence-corrected chi connectivity index (χ1v) is 14.4. The molecule has 0 spiro atoms. The Kier molecular flexibility index (Phi) is 10.1. The second-order valence-corrected chi connectivity index (χ2v) is 11.7. The Morgan fingerprint density at radius 1 is 1.00 bits per heavy atom. The molecule has 10 heteroatoms. The van der Waals surface area contributed by atoms with Crippen LogP contribution in [-0.4, -0.2) is 44.4 Å². The minimum absolute atomic E-state index is 0.00528. The lowest BCUT2D eigenvalue weighted by molar-refractivity contribution is -0.137. The second kappa shape index (κ2) is 12.9. The molecule has 0 saturated heterocycles. The Bertz CT molecular complexity index is 1340. The SMILES string of the molecule is CC(O)c1ccc(OCCCN(Cc2cccc(C(F)(F)F)c2)CC(C)c2ccc(F)cc2)cc1S(C)(=O)=O. The van der Waals surface area contributed by atoms with Gasteiger partial charge in [0, 0.05) is 25.9 Å². The van der Waals surface area contributed by atoms with Crippen molar-refractivity contribution in [1.29, 1.82) is 0 Å². The van der Waals surface area contributed by atoms with Crippen LogP contribution in [0.25, 0.3) is 0 Å². The van der Waals surface area contributed by atoms with Crippen LogP contribution in [0.15, 0.2) is 71.6 Å². The number of halogens is 4. The molecule has 2 atom stereocenters. The zero-order chi connectivity index (χ0) is 28.8. The average molecular weight is 568 g/mol. The quantitative estimate of drug-likeness (QED) is 0.203. The van der Waals surface area contributed by atoms with E-state index in [1.807, 2.05) is 11.8 Å². The summed E-state index contributed by atoms with van der Waals surface area (Å²) < 4.78 is 83.2. The maximum Gasteiger partial charge on any atom is 0.416 e. The Balaban J connectivity index is 1.71. The van der Waals surface area contributed by atoms with E-state index in [0.717, 1.165) is 24.0 Å². The van der Waals surface area contributed by atoms with Crippen molar-refractivity contribution in [3.8, 4) is 5.75 Å². The van der Waals surface area contributed by atoms with Crippen LogP contribution in [-0.2, 0) is 22.6 Å². The molecule has 2 unspecified atom stereocenters. The fourth-order valence-electron chi connectivity index (χ4n) is 4.37. The normalized spacial score (nSPS) is 13.9. The molecular formula is C29H33F4NO4S. The summed E-state index contributed by atoms with van der Waals surface area (Å²) in [5.41, 5.74) is 1.00. The molecule has 0 aliphatic carbocycles. The topological polar surface area (TPSA) is 66.8 Å². The highest BCUT2D eigenvalue weighted by Crippen LogP contribution is 2.30. The third kappa shape index (κ3) is 9.05. The van der Waals surface area contributed by atoms with E-state index in [1.54, 1.807) is 24.3 Å². The van der Waals surface area contributed by atoms with Gasteiger partial charge in [-0.05, 0) is 66.3 Å². The molecule has 0 radical (unpaired) electrons. The van der Waals surface area contributed by atoms with Crippen LogP contribution in [0.2, 0.25) is 0 Å². The summed E-state index contributed by atoms with van der Waals surface area (Å²) >= 11 is 0. The highest BCUT2D eigenvalue weighted by Gasteiger charge is 2.30. The zero-order valence-corrected chi connectivity index (χ0v) is 22.9. The molecule has 1 N–H and O–H groups in total. The van der Waals surface area contributed by atoms with Crippen molar-refractivity contribution >= 4 is 9.84 Å². The van der Waals surface area contributed by atoms with Crippen LogP contribution >= 0.6 is 0 Å². The van der Waals surface area contributed by atoms with E-state index in [2.05, 4.69) is 0 Å². The standard InChI is InChI=1S/C29H33F4NO4S/c1-20(23-8-10-25(30)11-9-23)18-34(19-22-6-4-7-24(16-22)29(31,32)33)14-5-15-38-26-12-13-27(21(2)35)28(17-26)39(3,36)37/h4,6-13,16-17,20-21,35H,5,14-15,18-19H2,1-3H3. The lowest BCUT2D eigenvalue weighted by Gasteiger charge is -2.26. The molecule has 0 fully saturated rings. The summed E-state index contributed by atoms with van der Waals surface area (Å²) in [4.78, 5) is 2.01. The van der Waals surface area contributed by atoms with Crippen molar-refractivity contribution < 1.29 is 35.8 Å². The van der Waals surface area contributed by atoms with Crippen LogP contribution in [0, 0.1) is 5.82 Å². The maximum atomic E-state index is 13.4. The van der Waals surface area contributed by atoms with Gasteiger partial charge in [0.25, 0.3) is 0 Å². The first kappa shape index (κ1) is 30.6. The maximum absolute atomic E-state index is 13.4. The predicted molar refractivity (Wildman–Crippen MR) is 142 cm³/mol. The third-order valence-corrected chi connectivity index (χ3v) is 7.51. The number of ether oxygens (including phenoxy) is 1. The number of aliphatic hydroxyl groups excluding tert-OH is 1. The Morgan fingerprint density at radius 2 is 1.69 bits per heavy atom. The van der Waals surface area contributed by atoms with E-state index in [9.17, 15) is 31.1 Å². The molecule has 0 aliphatic rings. The Morgan fingerprint density at radius 3 is 2.31 bits per heavy atom. The van der Waals surface area contributed by atoms with E-state index >= 15 is 0 Å². The van der Waals surface area contributed by atoms with E-state index in [1.165, 1.54) is 37.3 Å². The first-order valence-electron chi connectivity index (χ1n) is 12.5. The molecule has 3 aromatic carbocycles. The molecule has 0 bridgehead atoms. The van der Waals surface area contributed by atoms with Crippen molar-refractivity contribution in [3.63, 3.8) is 0 Å². The minimum atomic E-state index is -4.44. The van der Waals surface area contributed by atoms with Crippen LogP contribution in [0.3, 0.4) is 0 Å². The largest absolute Gasteiger partial charge is 0.494 e. The Hall–Kier alpha value is -2.95. The first-order chi connectivity index (χ1) is 18.2. The molecule has 0 saturated carbocycles. The smallest absolute Gasteiger partial charge is 0.416 e. The van der Waals surface area contributed by atoms with Gasteiger partial charge in [-0.2, -0.15) is 13.2 Å². The van der Waals surface area contributed by atoms with E-state index in [4.69, 9.17) is 4.74 Å². The highest BCUT2D eigenvalue weighted by atomic mass is 32.2. The van der Waals surface area contributed by atoms with E-state index in [0.29, 0.717) is 30.8 Å². The molecule has 5 nitrogen and oxygen atoms in total. The van der Waals surface area contributed by atoms with Gasteiger partial charge in [0.2, 0.25) is 0 Å². The molecule has 3 rings (SSSR count). The number of nitrogens with zero attached hydrogens (tertiary/aromatic N) is 1. The number of alkyl halides is 3. The molecule has 0 aromatic heterocycles. The monoisotopic (exact) mass is 567 g/mol. The summed E-state index contributed by atoms with van der Waals surface area (Å²) in [7, 11) is -3.59. The minimum Gasteiger partial charge on any atom is -0.494 e. The number of hydrogen-bond acceptors (Lipinski definition) is 5. The molecule has 212 valence electrons. The summed E-state index contributed by atoms with van der Waals surface area (Å²) in [6, 6.07) is 15.9. The van der Waals surface area contributed by atoms with Gasteiger partial charge in [-0.1, -0.05) is 43.3 Å². The summed E-state index contributed by atoms with van der Waals surface area (Å²) in [6.45, 7) is 4.98. The number of hydrogen-bond donors (Lipinski definition) is 1. The van der Waals surface area contributed by atoms with Gasteiger partial charge in [-0.3, -0.25) is 4.90 Å². The van der Waals surface area contributed by atoms with Gasteiger partial charge >= 0.3 is 6.18 Å². The van der Waals surface area contributed by atoms with Gasteiger partial charge in [0.15, 0.2) is 9.84 Å². The van der Waals surface area contributed by atoms with Gasteiger partial charge in [0.1, 0.15) is 11.6 Å². The second-order valence-electron chi connectivity index (χ2n) is 9.74.